The van der Waals surface area contributed by atoms with Crippen LogP contribution in [-0.4, -0.2) is 77.3 Å². The van der Waals surface area contributed by atoms with Gasteiger partial charge >= 0.3 is 0 Å². The molecule has 10 nitrogen and oxygen atoms in total. The molecule has 0 spiro atoms. The number of morpholine rings is 1. The molecule has 0 saturated carbocycles. The van der Waals surface area contributed by atoms with Gasteiger partial charge in [-0.05, 0) is 24.2 Å². The van der Waals surface area contributed by atoms with E-state index < -0.39 is 17.9 Å². The standard InChI is InChI=1S/C24H35N5O5SSi/c1-32-21-16-18(28-10-12-33-13-11-28)6-7-20(21)25-24-26-22-19(23(27-24)35(2,30)31)8-9-29(22)17-34-14-15-36(3,4)5/h6-9,16H,10-15,17H2,1-5H3,(H,25,26,27). The third kappa shape index (κ3) is 6.36. The summed E-state index contributed by atoms with van der Waals surface area (Å²) in [5.41, 5.74) is 2.15. The normalized spacial score (nSPS) is 14.9. The third-order valence-electron chi connectivity index (χ3n) is 5.97. The summed E-state index contributed by atoms with van der Waals surface area (Å²) in [5.74, 6) is 0.774. The molecule has 1 aliphatic heterocycles. The average molecular weight is 534 g/mol. The van der Waals surface area contributed by atoms with E-state index in [4.69, 9.17) is 14.2 Å². The fourth-order valence-corrected chi connectivity index (χ4v) is 5.51. The van der Waals surface area contributed by atoms with Gasteiger partial charge in [0.2, 0.25) is 5.95 Å². The highest BCUT2D eigenvalue weighted by atomic mass is 32.2. The van der Waals surface area contributed by atoms with Gasteiger partial charge in [-0.2, -0.15) is 4.98 Å². The number of hydrogen-bond donors (Lipinski definition) is 1. The van der Waals surface area contributed by atoms with E-state index in [1.54, 1.807) is 23.9 Å². The molecular formula is C24H35N5O5SSi. The van der Waals surface area contributed by atoms with Crippen LogP contribution in [0.5, 0.6) is 5.75 Å². The molecule has 1 aromatic carbocycles. The van der Waals surface area contributed by atoms with Gasteiger partial charge in [-0.25, -0.2) is 13.4 Å². The fraction of sp³-hybridized carbons (Fsp3) is 0.500. The molecule has 1 aliphatic rings. The van der Waals surface area contributed by atoms with Crippen LogP contribution in [0.4, 0.5) is 17.3 Å². The predicted molar refractivity (Wildman–Crippen MR) is 144 cm³/mol. The monoisotopic (exact) mass is 533 g/mol. The summed E-state index contributed by atoms with van der Waals surface area (Å²) in [4.78, 5) is 11.2. The molecule has 0 radical (unpaired) electrons. The Balaban J connectivity index is 1.63. The molecule has 0 amide bonds. The van der Waals surface area contributed by atoms with E-state index in [9.17, 15) is 8.42 Å². The van der Waals surface area contributed by atoms with E-state index >= 15 is 0 Å². The highest BCUT2D eigenvalue weighted by Crippen LogP contribution is 2.33. The smallest absolute Gasteiger partial charge is 0.230 e. The van der Waals surface area contributed by atoms with Gasteiger partial charge in [-0.3, -0.25) is 0 Å². The molecule has 0 aliphatic carbocycles. The summed E-state index contributed by atoms with van der Waals surface area (Å²) < 4.78 is 43.9. The Morgan fingerprint density at radius 1 is 1.14 bits per heavy atom. The quantitative estimate of drug-likeness (QED) is 0.237. The Kier molecular flexibility index (Phi) is 7.88. The second-order valence-electron chi connectivity index (χ2n) is 10.1. The summed E-state index contributed by atoms with van der Waals surface area (Å²) in [7, 11) is -3.22. The van der Waals surface area contributed by atoms with Crippen molar-refractivity contribution in [2.45, 2.75) is 37.4 Å². The summed E-state index contributed by atoms with van der Waals surface area (Å²) in [6.07, 6.45) is 2.93. The number of fused-ring (bicyclic) bond motifs is 1. The molecule has 2 aromatic heterocycles. The van der Waals surface area contributed by atoms with Crippen LogP contribution in [0, 0.1) is 0 Å². The number of aromatic nitrogens is 3. The van der Waals surface area contributed by atoms with Gasteiger partial charge in [0, 0.05) is 52.0 Å². The number of nitrogens with one attached hydrogen (secondary N) is 1. The van der Waals surface area contributed by atoms with Crippen LogP contribution in [0.3, 0.4) is 0 Å². The van der Waals surface area contributed by atoms with Crippen molar-refractivity contribution in [3.8, 4) is 5.75 Å². The number of ether oxygens (including phenoxy) is 3. The largest absolute Gasteiger partial charge is 0.494 e. The highest BCUT2D eigenvalue weighted by Gasteiger charge is 2.21. The summed E-state index contributed by atoms with van der Waals surface area (Å²) in [6, 6.07) is 8.58. The zero-order valence-corrected chi connectivity index (χ0v) is 23.4. The molecule has 36 heavy (non-hydrogen) atoms. The second kappa shape index (κ2) is 10.7. The van der Waals surface area contributed by atoms with Gasteiger partial charge < -0.3 is 29.0 Å². The Morgan fingerprint density at radius 2 is 1.89 bits per heavy atom. The van der Waals surface area contributed by atoms with Crippen LogP contribution in [-0.2, 0) is 26.0 Å². The molecule has 1 fully saturated rings. The van der Waals surface area contributed by atoms with Crippen LogP contribution in [0.25, 0.3) is 11.0 Å². The van der Waals surface area contributed by atoms with E-state index in [0.29, 0.717) is 42.3 Å². The number of nitrogens with zero attached hydrogens (tertiary/aromatic N) is 4. The average Bonchev–Trinajstić information content (AvgIpc) is 3.23. The molecule has 1 N–H and O–H groups in total. The number of hydrogen-bond acceptors (Lipinski definition) is 9. The SMILES string of the molecule is COc1cc(N2CCOCC2)ccc1Nc1nc(S(C)(=O)=O)c2ccn(COCC[Si](C)(C)C)c2n1. The van der Waals surface area contributed by atoms with Gasteiger partial charge in [0.15, 0.2) is 14.9 Å². The number of rotatable bonds is 10. The molecule has 3 heterocycles. The molecular weight excluding hydrogens is 498 g/mol. The minimum Gasteiger partial charge on any atom is -0.494 e. The Morgan fingerprint density at radius 3 is 2.56 bits per heavy atom. The molecule has 0 unspecified atom stereocenters. The third-order valence-corrected chi connectivity index (χ3v) is 8.69. The number of benzene rings is 1. The van der Waals surface area contributed by atoms with Crippen molar-refractivity contribution in [3.63, 3.8) is 0 Å². The molecule has 12 heteroatoms. The van der Waals surface area contributed by atoms with Crippen molar-refractivity contribution in [2.75, 3.05) is 56.5 Å². The maximum atomic E-state index is 12.6. The Labute approximate surface area is 213 Å². The first-order chi connectivity index (χ1) is 17.0. The summed E-state index contributed by atoms with van der Waals surface area (Å²) in [5, 5.41) is 3.60. The molecule has 4 rings (SSSR count). The highest BCUT2D eigenvalue weighted by molar-refractivity contribution is 7.90. The van der Waals surface area contributed by atoms with Crippen LogP contribution >= 0.6 is 0 Å². The van der Waals surface area contributed by atoms with E-state index in [1.165, 1.54) is 0 Å². The minimum absolute atomic E-state index is 0.0280. The molecule has 3 aromatic rings. The minimum atomic E-state index is -3.60. The van der Waals surface area contributed by atoms with Crippen molar-refractivity contribution in [1.29, 1.82) is 0 Å². The summed E-state index contributed by atoms with van der Waals surface area (Å²) >= 11 is 0. The van der Waals surface area contributed by atoms with Crippen molar-refractivity contribution in [3.05, 3.63) is 30.5 Å². The Hall–Kier alpha value is -2.67. The summed E-state index contributed by atoms with van der Waals surface area (Å²) in [6.45, 7) is 10.8. The van der Waals surface area contributed by atoms with E-state index in [0.717, 1.165) is 31.1 Å². The van der Waals surface area contributed by atoms with E-state index in [2.05, 4.69) is 39.8 Å². The molecule has 196 valence electrons. The van der Waals surface area contributed by atoms with E-state index in [1.807, 2.05) is 18.2 Å². The van der Waals surface area contributed by atoms with Crippen LogP contribution in [0.15, 0.2) is 35.5 Å². The van der Waals surface area contributed by atoms with Crippen molar-refractivity contribution in [1.82, 2.24) is 14.5 Å². The van der Waals surface area contributed by atoms with Gasteiger partial charge in [0.1, 0.15) is 18.1 Å². The van der Waals surface area contributed by atoms with Crippen LogP contribution in [0.2, 0.25) is 25.7 Å². The lowest BCUT2D eigenvalue weighted by molar-refractivity contribution is 0.0899. The topological polar surface area (TPSA) is 108 Å². The van der Waals surface area contributed by atoms with Crippen molar-refractivity contribution >= 4 is 46.3 Å². The van der Waals surface area contributed by atoms with Gasteiger partial charge in [0.25, 0.3) is 0 Å². The zero-order valence-electron chi connectivity index (χ0n) is 21.6. The molecule has 0 bridgehead atoms. The first-order valence-corrected chi connectivity index (χ1v) is 17.6. The van der Waals surface area contributed by atoms with Gasteiger partial charge in [-0.15, -0.1) is 0 Å². The second-order valence-corrected chi connectivity index (χ2v) is 17.7. The first kappa shape index (κ1) is 26.4. The van der Waals surface area contributed by atoms with Crippen LogP contribution in [0.1, 0.15) is 0 Å². The Bertz CT molecular complexity index is 1320. The number of anilines is 3. The fourth-order valence-electron chi connectivity index (χ4n) is 3.94. The molecule has 0 atom stereocenters. The van der Waals surface area contributed by atoms with Gasteiger partial charge in [0.05, 0.1) is 31.4 Å². The maximum absolute atomic E-state index is 12.6. The lowest BCUT2D eigenvalue weighted by Gasteiger charge is -2.29. The lowest BCUT2D eigenvalue weighted by Crippen LogP contribution is -2.36. The van der Waals surface area contributed by atoms with Crippen molar-refractivity contribution in [2.24, 2.45) is 0 Å². The lowest BCUT2D eigenvalue weighted by atomic mass is 10.2. The predicted octanol–water partition coefficient (Wildman–Crippen LogP) is 3.74. The maximum Gasteiger partial charge on any atom is 0.230 e. The zero-order chi connectivity index (χ0) is 25.9. The van der Waals surface area contributed by atoms with Gasteiger partial charge in [-0.1, -0.05) is 19.6 Å². The molecule has 1 saturated heterocycles. The van der Waals surface area contributed by atoms with Crippen molar-refractivity contribution < 1.29 is 22.6 Å². The van der Waals surface area contributed by atoms with Crippen LogP contribution < -0.4 is 15.0 Å². The van der Waals surface area contributed by atoms with E-state index in [-0.39, 0.29) is 17.7 Å². The first-order valence-electron chi connectivity index (χ1n) is 12.0. The number of sulfone groups is 1. The number of methoxy groups -OCH3 is 1.